The molecule has 5 heteroatoms. The minimum Gasteiger partial charge on any atom is -0.381 e. The molecule has 1 fully saturated rings. The highest BCUT2D eigenvalue weighted by molar-refractivity contribution is 4.82. The van der Waals surface area contributed by atoms with Gasteiger partial charge in [0.2, 0.25) is 0 Å². The van der Waals surface area contributed by atoms with E-state index in [1.165, 1.54) is 12.8 Å². The predicted octanol–water partition coefficient (Wildman–Crippen LogP) is 2.44. The van der Waals surface area contributed by atoms with E-state index in [4.69, 9.17) is 10.3 Å². The zero-order valence-corrected chi connectivity index (χ0v) is 10.4. The van der Waals surface area contributed by atoms with Crippen LogP contribution in [0.5, 0.6) is 0 Å². The van der Waals surface area contributed by atoms with Gasteiger partial charge in [0.05, 0.1) is 6.61 Å². The number of hydrogen-bond acceptors (Lipinski definition) is 3. The van der Waals surface area contributed by atoms with Gasteiger partial charge in [0, 0.05) is 24.6 Å². The van der Waals surface area contributed by atoms with Crippen molar-refractivity contribution in [2.24, 2.45) is 10.5 Å². The molecule has 0 aromatic rings. The third-order valence-corrected chi connectivity index (χ3v) is 3.30. The fourth-order valence-corrected chi connectivity index (χ4v) is 2.04. The summed E-state index contributed by atoms with van der Waals surface area (Å²) in [5.41, 5.74) is 8.54. The van der Waals surface area contributed by atoms with Crippen molar-refractivity contribution in [2.75, 3.05) is 39.4 Å². The minimum atomic E-state index is 0.338. The van der Waals surface area contributed by atoms with E-state index in [1.54, 1.807) is 0 Å². The third-order valence-electron chi connectivity index (χ3n) is 3.30. The summed E-state index contributed by atoms with van der Waals surface area (Å²) in [7, 11) is 0. The molecular formula is C11H22N4O. The average Bonchev–Trinajstić information content (AvgIpc) is 2.30. The monoisotopic (exact) mass is 226 g/mol. The second-order valence-corrected chi connectivity index (χ2v) is 4.74. The molecule has 0 amide bonds. The van der Waals surface area contributed by atoms with Gasteiger partial charge in [-0.3, -0.25) is 0 Å². The van der Waals surface area contributed by atoms with Crippen LogP contribution in [-0.2, 0) is 4.74 Å². The van der Waals surface area contributed by atoms with Crippen LogP contribution in [0.1, 0.15) is 26.7 Å². The van der Waals surface area contributed by atoms with Gasteiger partial charge in [-0.2, -0.15) is 0 Å². The predicted molar refractivity (Wildman–Crippen MR) is 64.3 cm³/mol. The molecule has 0 radical (unpaired) electrons. The van der Waals surface area contributed by atoms with Crippen molar-refractivity contribution >= 4 is 0 Å². The molecule has 0 aromatic carbocycles. The summed E-state index contributed by atoms with van der Waals surface area (Å²) >= 11 is 0. The van der Waals surface area contributed by atoms with E-state index >= 15 is 0 Å². The van der Waals surface area contributed by atoms with Crippen LogP contribution in [0.2, 0.25) is 0 Å². The summed E-state index contributed by atoms with van der Waals surface area (Å²) in [5.74, 6) is 0. The molecule has 5 nitrogen and oxygen atoms in total. The lowest BCUT2D eigenvalue weighted by molar-refractivity contribution is 0.0169. The van der Waals surface area contributed by atoms with E-state index in [0.717, 1.165) is 32.8 Å². The van der Waals surface area contributed by atoms with Gasteiger partial charge < -0.3 is 9.64 Å². The quantitative estimate of drug-likeness (QED) is 0.397. The van der Waals surface area contributed by atoms with Crippen LogP contribution in [0.3, 0.4) is 0 Å². The lowest BCUT2D eigenvalue weighted by Gasteiger charge is -2.39. The number of ether oxygens (including phenoxy) is 1. The van der Waals surface area contributed by atoms with Crippen LogP contribution in [0, 0.1) is 5.41 Å². The Bertz CT molecular complexity index is 242. The van der Waals surface area contributed by atoms with E-state index < -0.39 is 0 Å². The molecule has 1 saturated heterocycles. The van der Waals surface area contributed by atoms with Crippen LogP contribution >= 0.6 is 0 Å². The SMILES string of the molecule is CCOCC1(C)CCN(CCN=[N+]=[N-])CC1. The van der Waals surface area contributed by atoms with Crippen LogP contribution in [0.4, 0.5) is 0 Å². The van der Waals surface area contributed by atoms with Gasteiger partial charge in [-0.05, 0) is 43.8 Å². The summed E-state index contributed by atoms with van der Waals surface area (Å²) < 4.78 is 5.52. The van der Waals surface area contributed by atoms with Gasteiger partial charge in [-0.25, -0.2) is 0 Å². The number of rotatable bonds is 6. The topological polar surface area (TPSA) is 61.2 Å². The molecule has 0 aliphatic carbocycles. The molecular weight excluding hydrogens is 204 g/mol. The number of nitrogens with zero attached hydrogens (tertiary/aromatic N) is 4. The Morgan fingerprint density at radius 2 is 2.12 bits per heavy atom. The minimum absolute atomic E-state index is 0.338. The highest BCUT2D eigenvalue weighted by Crippen LogP contribution is 2.30. The normalized spacial score (nSPS) is 20.4. The second-order valence-electron chi connectivity index (χ2n) is 4.74. The molecule has 1 aliphatic heterocycles. The fourth-order valence-electron chi connectivity index (χ4n) is 2.04. The molecule has 0 bridgehead atoms. The summed E-state index contributed by atoms with van der Waals surface area (Å²) in [5, 5.41) is 3.57. The Morgan fingerprint density at radius 3 is 2.69 bits per heavy atom. The summed E-state index contributed by atoms with van der Waals surface area (Å²) in [6, 6.07) is 0. The van der Waals surface area contributed by atoms with Crippen LogP contribution < -0.4 is 0 Å². The van der Waals surface area contributed by atoms with Crippen LogP contribution in [0.25, 0.3) is 10.4 Å². The first-order valence-corrected chi connectivity index (χ1v) is 6.01. The molecule has 1 heterocycles. The zero-order valence-electron chi connectivity index (χ0n) is 10.4. The lowest BCUT2D eigenvalue weighted by atomic mass is 9.81. The van der Waals surface area contributed by atoms with Crippen molar-refractivity contribution in [3.63, 3.8) is 0 Å². The Morgan fingerprint density at radius 1 is 1.44 bits per heavy atom. The first-order valence-electron chi connectivity index (χ1n) is 6.01. The van der Waals surface area contributed by atoms with Crippen molar-refractivity contribution in [3.05, 3.63) is 10.4 Å². The van der Waals surface area contributed by atoms with E-state index in [0.29, 0.717) is 12.0 Å². The number of likely N-dealkylation sites (tertiary alicyclic amines) is 1. The molecule has 0 N–H and O–H groups in total. The maximum atomic E-state index is 8.20. The molecule has 1 aliphatic rings. The highest BCUT2D eigenvalue weighted by Gasteiger charge is 2.29. The molecule has 1 rings (SSSR count). The fraction of sp³-hybridized carbons (Fsp3) is 1.00. The largest absolute Gasteiger partial charge is 0.381 e. The van der Waals surface area contributed by atoms with Crippen molar-refractivity contribution in [1.29, 1.82) is 0 Å². The summed E-state index contributed by atoms with van der Waals surface area (Å²) in [6.45, 7) is 9.65. The summed E-state index contributed by atoms with van der Waals surface area (Å²) in [6.07, 6.45) is 2.34. The van der Waals surface area contributed by atoms with Crippen LogP contribution in [0.15, 0.2) is 5.11 Å². The van der Waals surface area contributed by atoms with Gasteiger partial charge in [0.25, 0.3) is 0 Å². The first-order chi connectivity index (χ1) is 7.70. The Labute approximate surface area is 97.4 Å². The molecule has 0 atom stereocenters. The van der Waals surface area contributed by atoms with Crippen molar-refractivity contribution < 1.29 is 4.74 Å². The Balaban J connectivity index is 2.24. The molecule has 0 unspecified atom stereocenters. The lowest BCUT2D eigenvalue weighted by Crippen LogP contribution is -2.41. The maximum Gasteiger partial charge on any atom is 0.0520 e. The maximum absolute atomic E-state index is 8.20. The molecule has 0 spiro atoms. The molecule has 16 heavy (non-hydrogen) atoms. The highest BCUT2D eigenvalue weighted by atomic mass is 16.5. The summed E-state index contributed by atoms with van der Waals surface area (Å²) in [4.78, 5) is 5.13. The standard InChI is InChI=1S/C11H22N4O/c1-3-16-10-11(2)4-7-15(8-5-11)9-6-13-14-12/h3-10H2,1-2H3. The van der Waals surface area contributed by atoms with Gasteiger partial charge in [-0.15, -0.1) is 0 Å². The van der Waals surface area contributed by atoms with Gasteiger partial charge >= 0.3 is 0 Å². The van der Waals surface area contributed by atoms with E-state index in [9.17, 15) is 0 Å². The average molecular weight is 226 g/mol. The molecule has 0 aromatic heterocycles. The smallest absolute Gasteiger partial charge is 0.0520 e. The molecule has 92 valence electrons. The Hall–Kier alpha value is -0.770. The van der Waals surface area contributed by atoms with Gasteiger partial charge in [-0.1, -0.05) is 12.0 Å². The number of azide groups is 1. The van der Waals surface area contributed by atoms with E-state index in [1.807, 2.05) is 6.92 Å². The molecule has 0 saturated carbocycles. The van der Waals surface area contributed by atoms with Gasteiger partial charge in [0.1, 0.15) is 0 Å². The third kappa shape index (κ3) is 4.39. The van der Waals surface area contributed by atoms with Crippen molar-refractivity contribution in [1.82, 2.24) is 4.90 Å². The zero-order chi connectivity index (χ0) is 11.9. The first kappa shape index (κ1) is 13.3. The Kier molecular flexibility index (Phi) is 5.60. The van der Waals surface area contributed by atoms with Gasteiger partial charge in [0.15, 0.2) is 0 Å². The van der Waals surface area contributed by atoms with Crippen molar-refractivity contribution in [3.8, 4) is 0 Å². The number of piperidine rings is 1. The second kappa shape index (κ2) is 6.74. The van der Waals surface area contributed by atoms with E-state index in [2.05, 4.69) is 21.8 Å². The van der Waals surface area contributed by atoms with Crippen LogP contribution in [-0.4, -0.2) is 44.3 Å². The van der Waals surface area contributed by atoms with E-state index in [-0.39, 0.29) is 0 Å². The number of hydrogen-bond donors (Lipinski definition) is 0. The van der Waals surface area contributed by atoms with Crippen molar-refractivity contribution in [2.45, 2.75) is 26.7 Å².